The predicted octanol–water partition coefficient (Wildman–Crippen LogP) is 4.48. The van der Waals surface area contributed by atoms with Gasteiger partial charge in [0.05, 0.1) is 5.60 Å². The van der Waals surface area contributed by atoms with Gasteiger partial charge in [0.1, 0.15) is 0 Å². The van der Waals surface area contributed by atoms with E-state index in [-0.39, 0.29) is 5.04 Å². The highest BCUT2D eigenvalue weighted by atomic mass is 28.4. The minimum absolute atomic E-state index is 0.262. The monoisotopic (exact) mass is 294 g/mol. The molecule has 0 heterocycles. The lowest BCUT2D eigenvalue weighted by Gasteiger charge is -2.36. The van der Waals surface area contributed by atoms with Crippen molar-refractivity contribution in [3.63, 3.8) is 0 Å². The fourth-order valence-electron chi connectivity index (χ4n) is 1.72. The summed E-state index contributed by atoms with van der Waals surface area (Å²) in [6, 6.07) is 8.17. The lowest BCUT2D eigenvalue weighted by Crippen LogP contribution is -2.41. The van der Waals surface area contributed by atoms with Crippen LogP contribution in [0.2, 0.25) is 18.1 Å². The van der Waals surface area contributed by atoms with Crippen molar-refractivity contribution < 1.29 is 9.53 Å². The van der Waals surface area contributed by atoms with Gasteiger partial charge in [0.2, 0.25) is 0 Å². The SMILES string of the molecule is CC(C)(O)c1ccc(CCO[Si](C)(C)C(C)(C)C)cc1. The molecule has 0 aromatic heterocycles. The molecule has 1 rings (SSSR count). The summed E-state index contributed by atoms with van der Waals surface area (Å²) in [4.78, 5) is 0. The van der Waals surface area contributed by atoms with Gasteiger partial charge in [0.15, 0.2) is 8.32 Å². The van der Waals surface area contributed by atoms with Crippen LogP contribution in [-0.4, -0.2) is 20.0 Å². The lowest BCUT2D eigenvalue weighted by atomic mass is 9.97. The van der Waals surface area contributed by atoms with Crippen LogP contribution in [0, 0.1) is 0 Å². The highest BCUT2D eigenvalue weighted by Gasteiger charge is 2.36. The third kappa shape index (κ3) is 4.72. The summed E-state index contributed by atoms with van der Waals surface area (Å²) < 4.78 is 6.18. The van der Waals surface area contributed by atoms with Crippen LogP contribution >= 0.6 is 0 Å². The molecule has 114 valence electrons. The molecule has 1 aromatic rings. The van der Waals surface area contributed by atoms with Gasteiger partial charge in [-0.3, -0.25) is 0 Å². The Morgan fingerprint density at radius 2 is 1.50 bits per heavy atom. The Labute approximate surface area is 125 Å². The Morgan fingerprint density at radius 3 is 1.90 bits per heavy atom. The maximum Gasteiger partial charge on any atom is 0.191 e. The first-order chi connectivity index (χ1) is 8.93. The van der Waals surface area contributed by atoms with Crippen LogP contribution in [0.15, 0.2) is 24.3 Å². The Morgan fingerprint density at radius 1 is 1.00 bits per heavy atom. The van der Waals surface area contributed by atoms with Gasteiger partial charge in [-0.15, -0.1) is 0 Å². The number of benzene rings is 1. The molecule has 0 amide bonds. The number of aliphatic hydroxyl groups is 1. The number of rotatable bonds is 5. The minimum Gasteiger partial charge on any atom is -0.416 e. The molecule has 0 radical (unpaired) electrons. The Bertz CT molecular complexity index is 422. The third-order valence-electron chi connectivity index (χ3n) is 4.32. The molecule has 0 unspecified atom stereocenters. The van der Waals surface area contributed by atoms with Crippen molar-refractivity contribution in [2.75, 3.05) is 6.61 Å². The Hall–Kier alpha value is -0.643. The molecule has 20 heavy (non-hydrogen) atoms. The average molecular weight is 295 g/mol. The highest BCUT2D eigenvalue weighted by Crippen LogP contribution is 2.36. The van der Waals surface area contributed by atoms with E-state index >= 15 is 0 Å². The van der Waals surface area contributed by atoms with E-state index in [1.165, 1.54) is 5.56 Å². The van der Waals surface area contributed by atoms with Crippen molar-refractivity contribution in [2.24, 2.45) is 0 Å². The molecule has 0 bridgehead atoms. The molecule has 0 saturated heterocycles. The van der Waals surface area contributed by atoms with Gasteiger partial charge >= 0.3 is 0 Å². The number of hydrogen-bond acceptors (Lipinski definition) is 2. The zero-order chi connectivity index (χ0) is 15.6. The first-order valence-electron chi connectivity index (χ1n) is 7.39. The van der Waals surface area contributed by atoms with E-state index in [0.29, 0.717) is 0 Å². The summed E-state index contributed by atoms with van der Waals surface area (Å²) in [5, 5.41) is 10.2. The van der Waals surface area contributed by atoms with Crippen LogP contribution in [0.3, 0.4) is 0 Å². The van der Waals surface area contributed by atoms with E-state index in [1.807, 2.05) is 26.0 Å². The van der Waals surface area contributed by atoms with Gasteiger partial charge in [0.25, 0.3) is 0 Å². The molecule has 3 heteroatoms. The standard InChI is InChI=1S/C17H30O2Si/c1-16(2,3)20(6,7)19-13-12-14-8-10-15(11-9-14)17(4,5)18/h8-11,18H,12-13H2,1-7H3. The predicted molar refractivity (Wildman–Crippen MR) is 88.5 cm³/mol. The van der Waals surface area contributed by atoms with E-state index in [1.54, 1.807) is 0 Å². The average Bonchev–Trinajstić information content (AvgIpc) is 2.26. The molecule has 1 N–H and O–H groups in total. The maximum atomic E-state index is 9.93. The van der Waals surface area contributed by atoms with Gasteiger partial charge < -0.3 is 9.53 Å². The second kappa shape index (κ2) is 6.00. The Kier molecular flexibility index (Phi) is 5.22. The van der Waals surface area contributed by atoms with Gasteiger partial charge in [-0.2, -0.15) is 0 Å². The molecular weight excluding hydrogens is 264 g/mol. The zero-order valence-electron chi connectivity index (χ0n) is 14.1. The van der Waals surface area contributed by atoms with E-state index in [4.69, 9.17) is 4.43 Å². The highest BCUT2D eigenvalue weighted by molar-refractivity contribution is 6.74. The first kappa shape index (κ1) is 17.4. The van der Waals surface area contributed by atoms with E-state index in [9.17, 15) is 5.11 Å². The molecule has 0 saturated carbocycles. The molecule has 0 atom stereocenters. The molecular formula is C17H30O2Si. The maximum absolute atomic E-state index is 9.93. The summed E-state index contributed by atoms with van der Waals surface area (Å²) in [5.41, 5.74) is 1.44. The van der Waals surface area contributed by atoms with E-state index < -0.39 is 13.9 Å². The van der Waals surface area contributed by atoms with E-state index in [2.05, 4.69) is 46.0 Å². The smallest absolute Gasteiger partial charge is 0.191 e. The summed E-state index contributed by atoms with van der Waals surface area (Å²) in [5.74, 6) is 0. The summed E-state index contributed by atoms with van der Waals surface area (Å²) in [6.07, 6.45) is 0.929. The first-order valence-corrected chi connectivity index (χ1v) is 10.3. The third-order valence-corrected chi connectivity index (χ3v) is 8.86. The molecule has 0 spiro atoms. The quantitative estimate of drug-likeness (QED) is 0.811. The van der Waals surface area contributed by atoms with Crippen LogP contribution in [-0.2, 0) is 16.4 Å². The van der Waals surface area contributed by atoms with Gasteiger partial charge in [-0.05, 0) is 49.5 Å². The second-order valence-electron chi connectivity index (χ2n) is 7.61. The molecule has 1 aromatic carbocycles. The number of hydrogen-bond donors (Lipinski definition) is 1. The summed E-state index contributed by atoms with van der Waals surface area (Å²) >= 11 is 0. The zero-order valence-corrected chi connectivity index (χ0v) is 15.1. The van der Waals surface area contributed by atoms with Crippen LogP contribution in [0.1, 0.15) is 45.7 Å². The molecule has 0 aliphatic carbocycles. The molecule has 0 fully saturated rings. The van der Waals surface area contributed by atoms with Gasteiger partial charge in [0, 0.05) is 6.61 Å². The van der Waals surface area contributed by atoms with Crippen LogP contribution in [0.5, 0.6) is 0 Å². The van der Waals surface area contributed by atoms with Crippen LogP contribution in [0.4, 0.5) is 0 Å². The summed E-state index contributed by atoms with van der Waals surface area (Å²) in [6.45, 7) is 15.7. The van der Waals surface area contributed by atoms with Gasteiger partial charge in [-0.25, -0.2) is 0 Å². The molecule has 2 nitrogen and oxygen atoms in total. The van der Waals surface area contributed by atoms with Crippen LogP contribution < -0.4 is 0 Å². The fraction of sp³-hybridized carbons (Fsp3) is 0.647. The Balaban J connectivity index is 2.56. The summed E-state index contributed by atoms with van der Waals surface area (Å²) in [7, 11) is -1.64. The second-order valence-corrected chi connectivity index (χ2v) is 12.4. The molecule has 0 aliphatic heterocycles. The van der Waals surface area contributed by atoms with Crippen molar-refractivity contribution in [2.45, 2.75) is 64.8 Å². The minimum atomic E-state index is -1.64. The van der Waals surface area contributed by atoms with E-state index in [0.717, 1.165) is 18.6 Å². The fourth-order valence-corrected chi connectivity index (χ4v) is 2.77. The van der Waals surface area contributed by atoms with Crippen molar-refractivity contribution >= 4 is 8.32 Å². The van der Waals surface area contributed by atoms with Crippen LogP contribution in [0.25, 0.3) is 0 Å². The van der Waals surface area contributed by atoms with Crippen molar-refractivity contribution in [3.8, 4) is 0 Å². The van der Waals surface area contributed by atoms with Gasteiger partial charge in [-0.1, -0.05) is 45.0 Å². The largest absolute Gasteiger partial charge is 0.416 e. The topological polar surface area (TPSA) is 29.5 Å². The van der Waals surface area contributed by atoms with Crippen molar-refractivity contribution in [1.82, 2.24) is 0 Å². The molecule has 0 aliphatic rings. The lowest BCUT2D eigenvalue weighted by molar-refractivity contribution is 0.0786. The normalized spacial score (nSPS) is 13.6. The van der Waals surface area contributed by atoms with Crippen molar-refractivity contribution in [3.05, 3.63) is 35.4 Å². The van der Waals surface area contributed by atoms with Crippen molar-refractivity contribution in [1.29, 1.82) is 0 Å².